The number of para-hydroxylation sites is 1. The lowest BCUT2D eigenvalue weighted by Gasteiger charge is -2.10. The fraction of sp³-hybridized carbons (Fsp3) is 0.143. The number of ether oxygens (including phenoxy) is 1. The average Bonchev–Trinajstić information content (AvgIpc) is 2.41. The summed E-state index contributed by atoms with van der Waals surface area (Å²) in [5, 5.41) is 18.4. The van der Waals surface area contributed by atoms with Gasteiger partial charge in [-0.15, -0.1) is 0 Å². The van der Waals surface area contributed by atoms with E-state index in [9.17, 15) is 5.11 Å². The summed E-state index contributed by atoms with van der Waals surface area (Å²) in [7, 11) is 0. The minimum Gasteiger partial charge on any atom is -0.506 e. The van der Waals surface area contributed by atoms with Crippen molar-refractivity contribution in [2.45, 2.75) is 13.2 Å². The summed E-state index contributed by atoms with van der Waals surface area (Å²) < 4.78 is 5.53. The second kappa shape index (κ2) is 5.42. The Labute approximate surface area is 105 Å². The van der Waals surface area contributed by atoms with Crippen LogP contribution in [0.4, 0.5) is 5.69 Å². The molecule has 18 heavy (non-hydrogen) atoms. The number of phenolic OH excluding ortho intramolecular Hbond substituents is 1. The lowest BCUT2D eigenvalue weighted by Crippen LogP contribution is -1.99. The number of benzene rings is 2. The SMILES string of the molecule is Nc1c(O)cccc1OCc1ccc(CO)cc1. The number of nitrogen functional groups attached to an aromatic ring is 1. The van der Waals surface area contributed by atoms with Crippen molar-refractivity contribution in [3.05, 3.63) is 53.6 Å². The van der Waals surface area contributed by atoms with Crippen LogP contribution in [0.25, 0.3) is 0 Å². The number of aliphatic hydroxyl groups excluding tert-OH is 1. The largest absolute Gasteiger partial charge is 0.506 e. The molecule has 0 heterocycles. The first-order valence-corrected chi connectivity index (χ1v) is 5.59. The van der Waals surface area contributed by atoms with Crippen molar-refractivity contribution in [1.82, 2.24) is 0 Å². The maximum atomic E-state index is 9.43. The van der Waals surface area contributed by atoms with Crippen molar-refractivity contribution in [2.75, 3.05) is 5.73 Å². The molecule has 0 aliphatic heterocycles. The van der Waals surface area contributed by atoms with Gasteiger partial charge in [-0.2, -0.15) is 0 Å². The van der Waals surface area contributed by atoms with Gasteiger partial charge < -0.3 is 20.7 Å². The molecular formula is C14H15NO3. The summed E-state index contributed by atoms with van der Waals surface area (Å²) in [6.45, 7) is 0.389. The molecule has 0 spiro atoms. The molecule has 2 aromatic carbocycles. The van der Waals surface area contributed by atoms with Gasteiger partial charge in [0.25, 0.3) is 0 Å². The van der Waals surface area contributed by atoms with Crippen LogP contribution in [-0.2, 0) is 13.2 Å². The number of rotatable bonds is 4. The molecule has 2 rings (SSSR count). The monoisotopic (exact) mass is 245 g/mol. The Balaban J connectivity index is 2.04. The van der Waals surface area contributed by atoms with Gasteiger partial charge in [-0.1, -0.05) is 30.3 Å². The molecule has 0 aromatic heterocycles. The number of aromatic hydroxyl groups is 1. The molecule has 0 saturated heterocycles. The van der Waals surface area contributed by atoms with E-state index < -0.39 is 0 Å². The van der Waals surface area contributed by atoms with Crippen LogP contribution in [-0.4, -0.2) is 10.2 Å². The standard InChI is InChI=1S/C14H15NO3/c15-14-12(17)2-1-3-13(14)18-9-11-6-4-10(8-16)5-7-11/h1-7,16-17H,8-9,15H2. The summed E-state index contributed by atoms with van der Waals surface area (Å²) >= 11 is 0. The van der Waals surface area contributed by atoms with Gasteiger partial charge in [-0.25, -0.2) is 0 Å². The van der Waals surface area contributed by atoms with Crippen LogP contribution in [0, 0.1) is 0 Å². The van der Waals surface area contributed by atoms with Crippen molar-refractivity contribution in [1.29, 1.82) is 0 Å². The summed E-state index contributed by atoms with van der Waals surface area (Å²) in [4.78, 5) is 0. The average molecular weight is 245 g/mol. The fourth-order valence-corrected chi connectivity index (χ4v) is 1.56. The number of phenols is 1. The summed E-state index contributed by atoms with van der Waals surface area (Å²) in [6.07, 6.45) is 0. The maximum absolute atomic E-state index is 9.43. The van der Waals surface area contributed by atoms with Crippen LogP contribution in [0.15, 0.2) is 42.5 Å². The predicted molar refractivity (Wildman–Crippen MR) is 69.2 cm³/mol. The quantitative estimate of drug-likeness (QED) is 0.569. The molecule has 0 amide bonds. The van der Waals surface area contributed by atoms with E-state index in [1.54, 1.807) is 12.1 Å². The number of aliphatic hydroxyl groups is 1. The molecule has 0 radical (unpaired) electrons. The molecule has 0 saturated carbocycles. The van der Waals surface area contributed by atoms with Gasteiger partial charge in [-0.3, -0.25) is 0 Å². The van der Waals surface area contributed by atoms with Gasteiger partial charge in [0.05, 0.1) is 6.61 Å². The summed E-state index contributed by atoms with van der Waals surface area (Å²) in [5.41, 5.74) is 7.75. The topological polar surface area (TPSA) is 75.7 Å². The van der Waals surface area contributed by atoms with E-state index in [1.807, 2.05) is 24.3 Å². The number of hydrogen-bond acceptors (Lipinski definition) is 4. The molecule has 0 atom stereocenters. The van der Waals surface area contributed by atoms with E-state index in [0.29, 0.717) is 12.4 Å². The second-order valence-corrected chi connectivity index (χ2v) is 3.95. The van der Waals surface area contributed by atoms with Crippen molar-refractivity contribution >= 4 is 5.69 Å². The van der Waals surface area contributed by atoms with E-state index in [0.717, 1.165) is 11.1 Å². The highest BCUT2D eigenvalue weighted by Crippen LogP contribution is 2.30. The fourth-order valence-electron chi connectivity index (χ4n) is 1.56. The van der Waals surface area contributed by atoms with Crippen LogP contribution in [0.3, 0.4) is 0 Å². The maximum Gasteiger partial charge on any atom is 0.146 e. The molecule has 94 valence electrons. The van der Waals surface area contributed by atoms with Gasteiger partial charge in [0.2, 0.25) is 0 Å². The van der Waals surface area contributed by atoms with E-state index in [1.165, 1.54) is 6.07 Å². The minimum absolute atomic E-state index is 0.0168. The van der Waals surface area contributed by atoms with Gasteiger partial charge in [0, 0.05) is 0 Å². The Hall–Kier alpha value is -2.20. The second-order valence-electron chi connectivity index (χ2n) is 3.95. The highest BCUT2D eigenvalue weighted by molar-refractivity contribution is 5.61. The highest BCUT2D eigenvalue weighted by Gasteiger charge is 2.04. The van der Waals surface area contributed by atoms with Crippen molar-refractivity contribution in [3.63, 3.8) is 0 Å². The normalized spacial score (nSPS) is 10.3. The van der Waals surface area contributed by atoms with Crippen LogP contribution < -0.4 is 10.5 Å². The van der Waals surface area contributed by atoms with E-state index >= 15 is 0 Å². The van der Waals surface area contributed by atoms with E-state index in [2.05, 4.69) is 0 Å². The summed E-state index contributed by atoms with van der Waals surface area (Å²) in [6, 6.07) is 12.3. The van der Waals surface area contributed by atoms with Crippen molar-refractivity contribution in [3.8, 4) is 11.5 Å². The molecule has 0 bridgehead atoms. The summed E-state index contributed by atoms with van der Waals surface area (Å²) in [5.74, 6) is 0.476. The Bertz CT molecular complexity index is 523. The third-order valence-corrected chi connectivity index (χ3v) is 2.64. The van der Waals surface area contributed by atoms with Crippen molar-refractivity contribution in [2.24, 2.45) is 0 Å². The van der Waals surface area contributed by atoms with Crippen LogP contribution >= 0.6 is 0 Å². The first-order valence-electron chi connectivity index (χ1n) is 5.59. The minimum atomic E-state index is 0.0168. The van der Waals surface area contributed by atoms with Crippen LogP contribution in [0.1, 0.15) is 11.1 Å². The first-order chi connectivity index (χ1) is 8.70. The van der Waals surface area contributed by atoms with Gasteiger partial charge in [0.15, 0.2) is 0 Å². The lowest BCUT2D eigenvalue weighted by atomic mass is 10.1. The van der Waals surface area contributed by atoms with Crippen LogP contribution in [0.5, 0.6) is 11.5 Å². The van der Waals surface area contributed by atoms with Crippen LogP contribution in [0.2, 0.25) is 0 Å². The van der Waals surface area contributed by atoms with Crippen molar-refractivity contribution < 1.29 is 14.9 Å². The molecule has 0 fully saturated rings. The Morgan fingerprint density at radius 1 is 1.00 bits per heavy atom. The lowest BCUT2D eigenvalue weighted by molar-refractivity contribution is 0.281. The van der Waals surface area contributed by atoms with E-state index in [4.69, 9.17) is 15.6 Å². The zero-order valence-corrected chi connectivity index (χ0v) is 9.84. The molecule has 4 heteroatoms. The number of nitrogens with two attached hydrogens (primary N) is 1. The van der Waals surface area contributed by atoms with Gasteiger partial charge >= 0.3 is 0 Å². The highest BCUT2D eigenvalue weighted by atomic mass is 16.5. The predicted octanol–water partition coefficient (Wildman–Crippen LogP) is 2.05. The number of hydrogen-bond donors (Lipinski definition) is 3. The third-order valence-electron chi connectivity index (χ3n) is 2.64. The Morgan fingerprint density at radius 3 is 2.33 bits per heavy atom. The molecule has 0 aliphatic carbocycles. The molecule has 0 aliphatic rings. The van der Waals surface area contributed by atoms with Gasteiger partial charge in [-0.05, 0) is 23.3 Å². The molecular weight excluding hydrogens is 230 g/mol. The molecule has 4 N–H and O–H groups in total. The molecule has 2 aromatic rings. The Kier molecular flexibility index (Phi) is 3.69. The molecule has 0 unspecified atom stereocenters. The Morgan fingerprint density at radius 2 is 1.67 bits per heavy atom. The van der Waals surface area contributed by atoms with Gasteiger partial charge in [0.1, 0.15) is 23.8 Å². The first kappa shape index (κ1) is 12.3. The zero-order chi connectivity index (χ0) is 13.0. The third kappa shape index (κ3) is 2.73. The zero-order valence-electron chi connectivity index (χ0n) is 9.84. The smallest absolute Gasteiger partial charge is 0.146 e. The molecule has 4 nitrogen and oxygen atoms in total. The van der Waals surface area contributed by atoms with E-state index in [-0.39, 0.29) is 18.0 Å². The number of anilines is 1.